The highest BCUT2D eigenvalue weighted by molar-refractivity contribution is 6.42. The molecule has 1 fully saturated rings. The highest BCUT2D eigenvalue weighted by Gasteiger charge is 2.46. The number of aromatic hydroxyl groups is 1. The molecule has 1 saturated heterocycles. The van der Waals surface area contributed by atoms with Crippen LogP contribution < -0.4 is 4.90 Å². The smallest absolute Gasteiger partial charge is 0.332 e. The van der Waals surface area contributed by atoms with E-state index in [1.165, 1.54) is 29.2 Å². The van der Waals surface area contributed by atoms with Gasteiger partial charge in [0.05, 0.1) is 15.7 Å². The van der Waals surface area contributed by atoms with Crippen LogP contribution in [0.1, 0.15) is 11.6 Å². The number of phenols is 1. The van der Waals surface area contributed by atoms with Gasteiger partial charge in [-0.1, -0.05) is 41.4 Å². The van der Waals surface area contributed by atoms with Crippen molar-refractivity contribution in [2.75, 3.05) is 11.4 Å². The number of hydrogen-bond acceptors (Lipinski definition) is 3. The highest BCUT2D eigenvalue weighted by Crippen LogP contribution is 2.36. The summed E-state index contributed by atoms with van der Waals surface area (Å²) in [6.07, 6.45) is 1.55. The molecule has 2 aromatic carbocycles. The number of carbonyl (C=O) groups is 2. The fourth-order valence-corrected chi connectivity index (χ4v) is 3.04. The molecule has 1 aliphatic rings. The zero-order chi connectivity index (χ0) is 18.1. The minimum absolute atomic E-state index is 0.0807. The van der Waals surface area contributed by atoms with Crippen molar-refractivity contribution in [3.8, 4) is 5.75 Å². The lowest BCUT2D eigenvalue weighted by Crippen LogP contribution is -2.33. The van der Waals surface area contributed by atoms with Crippen molar-refractivity contribution in [1.29, 1.82) is 0 Å². The van der Waals surface area contributed by atoms with Crippen LogP contribution in [-0.4, -0.2) is 28.5 Å². The maximum atomic E-state index is 13.0. The molecule has 1 N–H and O–H groups in total. The number of rotatable bonds is 4. The van der Waals surface area contributed by atoms with Crippen molar-refractivity contribution in [3.05, 3.63) is 70.7 Å². The quantitative estimate of drug-likeness (QED) is 0.635. The molecule has 128 valence electrons. The van der Waals surface area contributed by atoms with E-state index in [2.05, 4.69) is 6.58 Å². The van der Waals surface area contributed by atoms with Gasteiger partial charge in [0, 0.05) is 6.54 Å². The summed E-state index contributed by atoms with van der Waals surface area (Å²) in [4.78, 5) is 28.3. The van der Waals surface area contributed by atoms with E-state index in [0.29, 0.717) is 16.3 Å². The Morgan fingerprint density at radius 2 is 1.76 bits per heavy atom. The first-order valence-corrected chi connectivity index (χ1v) is 8.19. The molecule has 0 saturated carbocycles. The number of nitrogens with zero attached hydrogens (tertiary/aromatic N) is 2. The first-order chi connectivity index (χ1) is 11.9. The Balaban J connectivity index is 2.05. The summed E-state index contributed by atoms with van der Waals surface area (Å²) in [6.45, 7) is 3.85. The highest BCUT2D eigenvalue weighted by atomic mass is 35.5. The normalized spacial score (nSPS) is 17.3. The number of imide groups is 1. The molecule has 0 radical (unpaired) electrons. The topological polar surface area (TPSA) is 60.9 Å². The molecule has 0 aromatic heterocycles. The first kappa shape index (κ1) is 17.3. The maximum Gasteiger partial charge on any atom is 0.332 e. The van der Waals surface area contributed by atoms with Gasteiger partial charge in [-0.2, -0.15) is 0 Å². The van der Waals surface area contributed by atoms with Gasteiger partial charge in [-0.15, -0.1) is 6.58 Å². The summed E-state index contributed by atoms with van der Waals surface area (Å²) < 4.78 is 0. The predicted octanol–water partition coefficient (Wildman–Crippen LogP) is 4.39. The van der Waals surface area contributed by atoms with Crippen LogP contribution in [0, 0.1) is 0 Å². The van der Waals surface area contributed by atoms with Gasteiger partial charge in [0.1, 0.15) is 11.8 Å². The van der Waals surface area contributed by atoms with Crippen LogP contribution in [0.5, 0.6) is 5.75 Å². The third kappa shape index (κ3) is 3.08. The number of amides is 3. The summed E-state index contributed by atoms with van der Waals surface area (Å²) in [7, 11) is 0. The van der Waals surface area contributed by atoms with Crippen molar-refractivity contribution < 1.29 is 14.7 Å². The molecule has 1 aliphatic heterocycles. The van der Waals surface area contributed by atoms with Gasteiger partial charge in [-0.25, -0.2) is 9.69 Å². The Morgan fingerprint density at radius 1 is 1.08 bits per heavy atom. The van der Waals surface area contributed by atoms with Crippen LogP contribution in [0.2, 0.25) is 10.0 Å². The van der Waals surface area contributed by atoms with Crippen molar-refractivity contribution >= 4 is 40.8 Å². The Labute approximate surface area is 154 Å². The van der Waals surface area contributed by atoms with Crippen molar-refractivity contribution in [2.45, 2.75) is 6.04 Å². The molecular formula is C18H14Cl2N2O3. The SMILES string of the molecule is C=CCN1C(=O)N(c2ccc(Cl)c(Cl)c2)C(=O)C1c1ccc(O)cc1. The second kappa shape index (κ2) is 6.78. The van der Waals surface area contributed by atoms with Gasteiger partial charge in [0.15, 0.2) is 0 Å². The van der Waals surface area contributed by atoms with E-state index >= 15 is 0 Å². The standard InChI is InChI=1S/C18H14Cl2N2O3/c1-2-9-21-16(11-3-6-13(23)7-4-11)17(24)22(18(21)25)12-5-8-14(19)15(20)10-12/h2-8,10,16,23H,1,9H2. The average molecular weight is 377 g/mol. The Morgan fingerprint density at radius 3 is 2.36 bits per heavy atom. The van der Waals surface area contributed by atoms with E-state index < -0.39 is 18.0 Å². The number of benzene rings is 2. The van der Waals surface area contributed by atoms with E-state index in [-0.39, 0.29) is 17.3 Å². The number of halogens is 2. The van der Waals surface area contributed by atoms with Crippen molar-refractivity contribution in [3.63, 3.8) is 0 Å². The molecule has 3 amide bonds. The summed E-state index contributed by atoms with van der Waals surface area (Å²) in [5, 5.41) is 10.0. The first-order valence-electron chi connectivity index (χ1n) is 7.43. The van der Waals surface area contributed by atoms with E-state index in [1.807, 2.05) is 0 Å². The second-order valence-electron chi connectivity index (χ2n) is 5.49. The molecule has 7 heteroatoms. The maximum absolute atomic E-state index is 13.0. The molecule has 0 bridgehead atoms. The summed E-state index contributed by atoms with van der Waals surface area (Å²) >= 11 is 11.9. The summed E-state index contributed by atoms with van der Waals surface area (Å²) in [6, 6.07) is 9.47. The van der Waals surface area contributed by atoms with Gasteiger partial charge in [0.2, 0.25) is 0 Å². The average Bonchev–Trinajstić information content (AvgIpc) is 2.82. The zero-order valence-electron chi connectivity index (χ0n) is 13.0. The van der Waals surface area contributed by atoms with Crippen LogP contribution in [-0.2, 0) is 4.79 Å². The van der Waals surface area contributed by atoms with Gasteiger partial charge in [-0.05, 0) is 35.9 Å². The molecule has 1 atom stereocenters. The fraction of sp³-hybridized carbons (Fsp3) is 0.111. The fourth-order valence-electron chi connectivity index (χ4n) is 2.75. The zero-order valence-corrected chi connectivity index (χ0v) is 14.5. The molecule has 1 heterocycles. The van der Waals surface area contributed by atoms with Crippen LogP contribution in [0.15, 0.2) is 55.1 Å². The largest absolute Gasteiger partial charge is 0.508 e. The predicted molar refractivity (Wildman–Crippen MR) is 97.1 cm³/mol. The van der Waals surface area contributed by atoms with Crippen LogP contribution in [0.3, 0.4) is 0 Å². The van der Waals surface area contributed by atoms with Crippen LogP contribution in [0.25, 0.3) is 0 Å². The molecule has 5 nitrogen and oxygen atoms in total. The van der Waals surface area contributed by atoms with E-state index in [1.54, 1.807) is 24.3 Å². The number of urea groups is 1. The van der Waals surface area contributed by atoms with Gasteiger partial charge in [-0.3, -0.25) is 4.79 Å². The molecule has 0 spiro atoms. The Kier molecular flexibility index (Phi) is 4.70. The molecular weight excluding hydrogens is 363 g/mol. The minimum Gasteiger partial charge on any atom is -0.508 e. The second-order valence-corrected chi connectivity index (χ2v) is 6.30. The number of phenolic OH excluding ortho intramolecular Hbond substituents is 1. The molecule has 0 aliphatic carbocycles. The van der Waals surface area contributed by atoms with Gasteiger partial charge in [0.25, 0.3) is 5.91 Å². The van der Waals surface area contributed by atoms with E-state index in [4.69, 9.17) is 23.2 Å². The lowest BCUT2D eigenvalue weighted by Gasteiger charge is -2.20. The Bertz CT molecular complexity index is 852. The number of hydrogen-bond donors (Lipinski definition) is 1. The van der Waals surface area contributed by atoms with E-state index in [0.717, 1.165) is 4.90 Å². The lowest BCUT2D eigenvalue weighted by molar-refractivity contribution is -0.119. The third-order valence-electron chi connectivity index (χ3n) is 3.90. The van der Waals surface area contributed by atoms with Crippen molar-refractivity contribution in [1.82, 2.24) is 4.90 Å². The molecule has 2 aromatic rings. The monoisotopic (exact) mass is 376 g/mol. The van der Waals surface area contributed by atoms with Crippen molar-refractivity contribution in [2.24, 2.45) is 0 Å². The molecule has 25 heavy (non-hydrogen) atoms. The summed E-state index contributed by atoms with van der Waals surface area (Å²) in [5.41, 5.74) is 0.945. The number of carbonyl (C=O) groups excluding carboxylic acids is 2. The molecule has 1 unspecified atom stereocenters. The Hall–Kier alpha value is -2.50. The van der Waals surface area contributed by atoms with E-state index in [9.17, 15) is 14.7 Å². The lowest BCUT2D eigenvalue weighted by atomic mass is 10.1. The van der Waals surface area contributed by atoms with Crippen LogP contribution >= 0.6 is 23.2 Å². The van der Waals surface area contributed by atoms with Gasteiger partial charge < -0.3 is 10.0 Å². The summed E-state index contributed by atoms with van der Waals surface area (Å²) in [5.74, 6) is -0.326. The number of anilines is 1. The minimum atomic E-state index is -0.805. The van der Waals surface area contributed by atoms with Gasteiger partial charge >= 0.3 is 6.03 Å². The third-order valence-corrected chi connectivity index (χ3v) is 4.64. The molecule has 3 rings (SSSR count). The van der Waals surface area contributed by atoms with Crippen LogP contribution in [0.4, 0.5) is 10.5 Å².